The van der Waals surface area contributed by atoms with Gasteiger partial charge in [0.1, 0.15) is 10.7 Å². The van der Waals surface area contributed by atoms with Crippen molar-refractivity contribution < 1.29 is 14.3 Å². The zero-order chi connectivity index (χ0) is 20.8. The standard InChI is InChI=1S/C22H25N3O3S/c1-25(2)13-16-10-8-15(9-11-16)12-23-21(26)18-14-29-22(24-18)17-6-5-7-19(27-3)20(17)28-4/h5-11,14H,12-13H2,1-4H3,(H,23,26). The lowest BCUT2D eigenvalue weighted by Gasteiger charge is -2.10. The molecule has 29 heavy (non-hydrogen) atoms. The lowest BCUT2D eigenvalue weighted by molar-refractivity contribution is 0.0946. The Morgan fingerprint density at radius 1 is 1.07 bits per heavy atom. The summed E-state index contributed by atoms with van der Waals surface area (Å²) in [5.74, 6) is 1.03. The fourth-order valence-corrected chi connectivity index (χ4v) is 3.78. The third-order valence-electron chi connectivity index (χ3n) is 4.35. The second-order valence-corrected chi connectivity index (χ2v) is 7.67. The van der Waals surface area contributed by atoms with Gasteiger partial charge < -0.3 is 19.7 Å². The van der Waals surface area contributed by atoms with E-state index in [-0.39, 0.29) is 5.91 Å². The third kappa shape index (κ3) is 5.13. The molecule has 0 fully saturated rings. The summed E-state index contributed by atoms with van der Waals surface area (Å²) in [4.78, 5) is 19.1. The van der Waals surface area contributed by atoms with Gasteiger partial charge in [0.05, 0.1) is 19.8 Å². The Bertz CT molecular complexity index is 968. The average molecular weight is 412 g/mol. The molecule has 2 aromatic carbocycles. The van der Waals surface area contributed by atoms with Gasteiger partial charge in [0, 0.05) is 18.5 Å². The van der Waals surface area contributed by atoms with E-state index in [2.05, 4.69) is 27.3 Å². The van der Waals surface area contributed by atoms with Crippen molar-refractivity contribution in [1.82, 2.24) is 15.2 Å². The molecule has 1 N–H and O–H groups in total. The predicted molar refractivity (Wildman–Crippen MR) is 116 cm³/mol. The van der Waals surface area contributed by atoms with E-state index in [0.717, 1.165) is 17.7 Å². The maximum atomic E-state index is 12.5. The summed E-state index contributed by atoms with van der Waals surface area (Å²) < 4.78 is 10.8. The summed E-state index contributed by atoms with van der Waals surface area (Å²) >= 11 is 1.40. The first-order valence-corrected chi connectivity index (χ1v) is 10.1. The van der Waals surface area contributed by atoms with Crippen LogP contribution in [-0.2, 0) is 13.1 Å². The summed E-state index contributed by atoms with van der Waals surface area (Å²) in [7, 11) is 7.26. The maximum absolute atomic E-state index is 12.5. The number of amides is 1. The van der Waals surface area contributed by atoms with E-state index in [4.69, 9.17) is 9.47 Å². The van der Waals surface area contributed by atoms with Gasteiger partial charge in [-0.3, -0.25) is 4.79 Å². The van der Waals surface area contributed by atoms with Crippen molar-refractivity contribution >= 4 is 17.2 Å². The molecule has 0 saturated carbocycles. The number of benzene rings is 2. The van der Waals surface area contributed by atoms with Crippen molar-refractivity contribution in [3.8, 4) is 22.1 Å². The van der Waals surface area contributed by atoms with Crippen molar-refractivity contribution in [2.75, 3.05) is 28.3 Å². The second kappa shape index (κ2) is 9.54. The Morgan fingerprint density at radius 2 is 1.79 bits per heavy atom. The molecule has 3 rings (SSSR count). The summed E-state index contributed by atoms with van der Waals surface area (Å²) in [5.41, 5.74) is 3.47. The first kappa shape index (κ1) is 20.8. The smallest absolute Gasteiger partial charge is 0.271 e. The number of hydrogen-bond donors (Lipinski definition) is 1. The zero-order valence-electron chi connectivity index (χ0n) is 17.1. The molecule has 6 nitrogen and oxygen atoms in total. The number of carbonyl (C=O) groups is 1. The molecule has 7 heteroatoms. The van der Waals surface area contributed by atoms with Crippen LogP contribution >= 0.6 is 11.3 Å². The number of nitrogens with zero attached hydrogens (tertiary/aromatic N) is 2. The lowest BCUT2D eigenvalue weighted by Crippen LogP contribution is -2.23. The van der Waals surface area contributed by atoms with Crippen molar-refractivity contribution in [2.45, 2.75) is 13.1 Å². The Hall–Kier alpha value is -2.90. The molecule has 0 spiro atoms. The first-order chi connectivity index (χ1) is 14.0. The molecule has 0 radical (unpaired) electrons. The molecule has 0 aliphatic rings. The number of nitrogens with one attached hydrogen (secondary N) is 1. The normalized spacial score (nSPS) is 10.8. The number of carbonyl (C=O) groups excluding carboxylic acids is 1. The van der Waals surface area contributed by atoms with Crippen LogP contribution in [0.1, 0.15) is 21.6 Å². The molecule has 152 valence electrons. The van der Waals surface area contributed by atoms with Crippen LogP contribution in [0, 0.1) is 0 Å². The largest absolute Gasteiger partial charge is 0.493 e. The zero-order valence-corrected chi connectivity index (χ0v) is 17.9. The predicted octanol–water partition coefficient (Wildman–Crippen LogP) is 3.82. The first-order valence-electron chi connectivity index (χ1n) is 9.19. The third-order valence-corrected chi connectivity index (χ3v) is 5.22. The fraction of sp³-hybridized carbons (Fsp3) is 0.273. The molecule has 1 heterocycles. The number of aromatic nitrogens is 1. The fourth-order valence-electron chi connectivity index (χ4n) is 2.96. The lowest BCUT2D eigenvalue weighted by atomic mass is 10.1. The Balaban J connectivity index is 1.67. The highest BCUT2D eigenvalue weighted by Crippen LogP contribution is 2.38. The van der Waals surface area contributed by atoms with Gasteiger partial charge in [-0.05, 0) is 37.4 Å². The number of para-hydroxylation sites is 1. The van der Waals surface area contributed by atoms with E-state index in [1.165, 1.54) is 16.9 Å². The molecule has 1 amide bonds. The minimum Gasteiger partial charge on any atom is -0.493 e. The molecule has 0 unspecified atom stereocenters. The van der Waals surface area contributed by atoms with Gasteiger partial charge >= 0.3 is 0 Å². The minimum absolute atomic E-state index is 0.202. The highest BCUT2D eigenvalue weighted by Gasteiger charge is 2.17. The summed E-state index contributed by atoms with van der Waals surface area (Å²) in [5, 5.41) is 5.39. The molecule has 0 atom stereocenters. The molecule has 0 bridgehead atoms. The Kier molecular flexibility index (Phi) is 6.85. The number of ether oxygens (including phenoxy) is 2. The van der Waals surface area contributed by atoms with Gasteiger partial charge in [-0.1, -0.05) is 30.3 Å². The second-order valence-electron chi connectivity index (χ2n) is 6.82. The molecular formula is C22H25N3O3S. The van der Waals surface area contributed by atoms with Crippen molar-refractivity contribution in [3.63, 3.8) is 0 Å². The Morgan fingerprint density at radius 3 is 2.45 bits per heavy atom. The van der Waals surface area contributed by atoms with Gasteiger partial charge in [-0.2, -0.15) is 0 Å². The van der Waals surface area contributed by atoms with Crippen LogP contribution in [0.2, 0.25) is 0 Å². The van der Waals surface area contributed by atoms with Crippen LogP contribution in [0.5, 0.6) is 11.5 Å². The minimum atomic E-state index is -0.202. The van der Waals surface area contributed by atoms with Crippen LogP contribution in [-0.4, -0.2) is 44.1 Å². The van der Waals surface area contributed by atoms with Gasteiger partial charge in [-0.15, -0.1) is 11.3 Å². The van der Waals surface area contributed by atoms with E-state index in [0.29, 0.717) is 28.7 Å². The van der Waals surface area contributed by atoms with E-state index in [1.807, 2.05) is 44.4 Å². The van der Waals surface area contributed by atoms with Gasteiger partial charge in [0.15, 0.2) is 11.5 Å². The molecular weight excluding hydrogens is 386 g/mol. The summed E-state index contributed by atoms with van der Waals surface area (Å²) in [6, 6.07) is 13.8. The topological polar surface area (TPSA) is 63.7 Å². The van der Waals surface area contributed by atoms with E-state index in [9.17, 15) is 4.79 Å². The maximum Gasteiger partial charge on any atom is 0.271 e. The van der Waals surface area contributed by atoms with Crippen LogP contribution < -0.4 is 14.8 Å². The van der Waals surface area contributed by atoms with Crippen LogP contribution in [0.3, 0.4) is 0 Å². The quantitative estimate of drug-likeness (QED) is 0.611. The van der Waals surface area contributed by atoms with E-state index >= 15 is 0 Å². The summed E-state index contributed by atoms with van der Waals surface area (Å²) in [6.45, 7) is 1.35. The number of rotatable bonds is 8. The highest BCUT2D eigenvalue weighted by molar-refractivity contribution is 7.13. The van der Waals surface area contributed by atoms with Crippen LogP contribution in [0.25, 0.3) is 10.6 Å². The number of hydrogen-bond acceptors (Lipinski definition) is 6. The molecule has 0 aliphatic heterocycles. The summed E-state index contributed by atoms with van der Waals surface area (Å²) in [6.07, 6.45) is 0. The van der Waals surface area contributed by atoms with Crippen LogP contribution in [0.4, 0.5) is 0 Å². The molecule has 3 aromatic rings. The van der Waals surface area contributed by atoms with Gasteiger partial charge in [-0.25, -0.2) is 4.98 Å². The monoisotopic (exact) mass is 411 g/mol. The van der Waals surface area contributed by atoms with Crippen molar-refractivity contribution in [3.05, 3.63) is 64.7 Å². The SMILES string of the molecule is COc1cccc(-c2nc(C(=O)NCc3ccc(CN(C)C)cc3)cs2)c1OC. The van der Waals surface area contributed by atoms with Gasteiger partial charge in [0.2, 0.25) is 0 Å². The molecule has 1 aromatic heterocycles. The van der Waals surface area contributed by atoms with E-state index in [1.54, 1.807) is 19.6 Å². The average Bonchev–Trinajstić information content (AvgIpc) is 3.22. The van der Waals surface area contributed by atoms with E-state index < -0.39 is 0 Å². The van der Waals surface area contributed by atoms with Crippen molar-refractivity contribution in [1.29, 1.82) is 0 Å². The number of methoxy groups -OCH3 is 2. The Labute approximate surface area is 175 Å². The van der Waals surface area contributed by atoms with Crippen LogP contribution in [0.15, 0.2) is 47.8 Å². The van der Waals surface area contributed by atoms with Crippen molar-refractivity contribution in [2.24, 2.45) is 0 Å². The number of thiazole rings is 1. The van der Waals surface area contributed by atoms with Gasteiger partial charge in [0.25, 0.3) is 5.91 Å². The molecule has 0 aliphatic carbocycles. The molecule has 0 saturated heterocycles. The highest BCUT2D eigenvalue weighted by atomic mass is 32.1.